The Balaban J connectivity index is 1.79. The summed E-state index contributed by atoms with van der Waals surface area (Å²) in [4.78, 5) is 4.64. The predicted octanol–water partition coefficient (Wildman–Crippen LogP) is 4.04. The summed E-state index contributed by atoms with van der Waals surface area (Å²) < 4.78 is 11.4. The Bertz CT molecular complexity index is 610. The van der Waals surface area contributed by atoms with Crippen molar-refractivity contribution < 1.29 is 9.47 Å². The lowest BCUT2D eigenvalue weighted by Crippen LogP contribution is -2.07. The van der Waals surface area contributed by atoms with Crippen molar-refractivity contribution in [1.82, 2.24) is 4.98 Å². The van der Waals surface area contributed by atoms with E-state index in [9.17, 15) is 0 Å². The van der Waals surface area contributed by atoms with Gasteiger partial charge in [0.25, 0.3) is 0 Å². The topological polar surface area (TPSA) is 43.4 Å². The first kappa shape index (κ1) is 14.2. The minimum atomic E-state index is 0.607. The molecule has 0 amide bonds. The quantitative estimate of drug-likeness (QED) is 0.926. The summed E-state index contributed by atoms with van der Waals surface area (Å²) >= 11 is 1.63. The molecule has 21 heavy (non-hydrogen) atoms. The Morgan fingerprint density at radius 1 is 1.24 bits per heavy atom. The molecule has 0 radical (unpaired) electrons. The van der Waals surface area contributed by atoms with Crippen LogP contribution in [-0.4, -0.2) is 24.7 Å². The number of nitrogens with zero attached hydrogens (tertiary/aromatic N) is 1. The Labute approximate surface area is 129 Å². The molecule has 4 nitrogen and oxygen atoms in total. The van der Waals surface area contributed by atoms with Crippen molar-refractivity contribution in [2.75, 3.05) is 25.1 Å². The van der Waals surface area contributed by atoms with Gasteiger partial charge in [0, 0.05) is 23.9 Å². The first-order valence-electron chi connectivity index (χ1n) is 7.32. The van der Waals surface area contributed by atoms with E-state index < -0.39 is 0 Å². The van der Waals surface area contributed by atoms with Gasteiger partial charge < -0.3 is 14.8 Å². The van der Waals surface area contributed by atoms with Gasteiger partial charge in [0.1, 0.15) is 0 Å². The molecule has 2 heterocycles. The largest absolute Gasteiger partial charge is 0.490 e. The summed E-state index contributed by atoms with van der Waals surface area (Å²) in [6.07, 6.45) is 0.921. The zero-order valence-corrected chi connectivity index (χ0v) is 13.2. The molecule has 1 N–H and O–H groups in total. The molecule has 0 saturated heterocycles. The molecule has 5 heteroatoms. The van der Waals surface area contributed by atoms with E-state index in [-0.39, 0.29) is 0 Å². The Morgan fingerprint density at radius 2 is 2.05 bits per heavy atom. The van der Waals surface area contributed by atoms with Gasteiger partial charge in [-0.15, -0.1) is 11.3 Å². The van der Waals surface area contributed by atoms with E-state index in [0.29, 0.717) is 19.1 Å². The highest BCUT2D eigenvalue weighted by molar-refractivity contribution is 7.14. The molecule has 0 atom stereocenters. The van der Waals surface area contributed by atoms with Crippen molar-refractivity contribution >= 4 is 16.5 Å². The number of aromatic nitrogens is 1. The molecule has 1 aromatic carbocycles. The maximum Gasteiger partial charge on any atom is 0.183 e. The maximum absolute atomic E-state index is 5.73. The van der Waals surface area contributed by atoms with Crippen LogP contribution in [0.4, 0.5) is 5.13 Å². The number of nitrogens with one attached hydrogen (secondary N) is 1. The van der Waals surface area contributed by atoms with Crippen LogP contribution in [0.25, 0.3) is 11.3 Å². The minimum Gasteiger partial charge on any atom is -0.490 e. The van der Waals surface area contributed by atoms with Crippen LogP contribution in [0.2, 0.25) is 0 Å². The molecular weight excluding hydrogens is 284 g/mol. The van der Waals surface area contributed by atoms with E-state index in [1.165, 1.54) is 0 Å². The molecule has 1 aliphatic rings. The standard InChI is InChI=1S/C16H20N2O2S/c1-11(2)9-17-16-18-13(10-21-16)12-4-5-14-15(8-12)20-7-3-6-19-14/h4-5,8,10-11H,3,6-7,9H2,1-2H3,(H,17,18). The molecular formula is C16H20N2O2S. The second-order valence-electron chi connectivity index (χ2n) is 5.52. The van der Waals surface area contributed by atoms with Crippen molar-refractivity contribution in [2.45, 2.75) is 20.3 Å². The highest BCUT2D eigenvalue weighted by Crippen LogP contribution is 2.35. The zero-order valence-electron chi connectivity index (χ0n) is 12.4. The van der Waals surface area contributed by atoms with Crippen molar-refractivity contribution in [3.05, 3.63) is 23.6 Å². The number of fused-ring (bicyclic) bond motifs is 1. The van der Waals surface area contributed by atoms with E-state index in [1.54, 1.807) is 11.3 Å². The molecule has 0 spiro atoms. The van der Waals surface area contributed by atoms with Crippen LogP contribution >= 0.6 is 11.3 Å². The van der Waals surface area contributed by atoms with Crippen LogP contribution in [-0.2, 0) is 0 Å². The number of thiazole rings is 1. The first-order valence-corrected chi connectivity index (χ1v) is 8.20. The van der Waals surface area contributed by atoms with E-state index in [0.717, 1.165) is 40.9 Å². The smallest absolute Gasteiger partial charge is 0.183 e. The third-order valence-corrected chi connectivity index (χ3v) is 4.01. The summed E-state index contributed by atoms with van der Waals surface area (Å²) in [5.74, 6) is 2.25. The Morgan fingerprint density at radius 3 is 2.86 bits per heavy atom. The lowest BCUT2D eigenvalue weighted by Gasteiger charge is -2.08. The third-order valence-electron chi connectivity index (χ3n) is 3.21. The molecule has 0 saturated carbocycles. The average molecular weight is 304 g/mol. The fourth-order valence-electron chi connectivity index (χ4n) is 2.10. The van der Waals surface area contributed by atoms with Crippen molar-refractivity contribution in [3.63, 3.8) is 0 Å². The summed E-state index contributed by atoms with van der Waals surface area (Å²) in [5.41, 5.74) is 2.04. The van der Waals surface area contributed by atoms with Gasteiger partial charge in [0.15, 0.2) is 16.6 Å². The molecule has 112 valence electrons. The summed E-state index contributed by atoms with van der Waals surface area (Å²) in [6, 6.07) is 6.02. The molecule has 0 fully saturated rings. The van der Waals surface area contributed by atoms with Crippen LogP contribution in [0, 0.1) is 5.92 Å². The molecule has 0 unspecified atom stereocenters. The van der Waals surface area contributed by atoms with Gasteiger partial charge in [-0.05, 0) is 24.1 Å². The van der Waals surface area contributed by atoms with E-state index in [1.807, 2.05) is 18.2 Å². The van der Waals surface area contributed by atoms with Crippen molar-refractivity contribution in [2.24, 2.45) is 5.92 Å². The summed E-state index contributed by atoms with van der Waals surface area (Å²) in [5, 5.41) is 6.39. The van der Waals surface area contributed by atoms with E-state index in [4.69, 9.17) is 9.47 Å². The zero-order chi connectivity index (χ0) is 14.7. The fraction of sp³-hybridized carbons (Fsp3) is 0.438. The van der Waals surface area contributed by atoms with Gasteiger partial charge in [-0.1, -0.05) is 13.8 Å². The Hall–Kier alpha value is -1.75. The molecule has 0 bridgehead atoms. The summed E-state index contributed by atoms with van der Waals surface area (Å²) in [6.45, 7) is 6.73. The number of rotatable bonds is 4. The van der Waals surface area contributed by atoms with Crippen LogP contribution in [0.5, 0.6) is 11.5 Å². The van der Waals surface area contributed by atoms with Crippen LogP contribution < -0.4 is 14.8 Å². The molecule has 1 aliphatic heterocycles. The van der Waals surface area contributed by atoms with Gasteiger partial charge in [-0.25, -0.2) is 4.98 Å². The molecule has 1 aromatic heterocycles. The van der Waals surface area contributed by atoms with E-state index >= 15 is 0 Å². The second-order valence-corrected chi connectivity index (χ2v) is 6.38. The molecule has 3 rings (SSSR count). The number of ether oxygens (including phenoxy) is 2. The van der Waals surface area contributed by atoms with Crippen LogP contribution in [0.3, 0.4) is 0 Å². The van der Waals surface area contributed by atoms with Gasteiger partial charge in [-0.2, -0.15) is 0 Å². The van der Waals surface area contributed by atoms with Gasteiger partial charge >= 0.3 is 0 Å². The van der Waals surface area contributed by atoms with Crippen molar-refractivity contribution in [3.8, 4) is 22.8 Å². The van der Waals surface area contributed by atoms with Gasteiger partial charge in [0.05, 0.1) is 18.9 Å². The fourth-order valence-corrected chi connectivity index (χ4v) is 2.83. The highest BCUT2D eigenvalue weighted by atomic mass is 32.1. The lowest BCUT2D eigenvalue weighted by atomic mass is 10.1. The maximum atomic E-state index is 5.73. The third kappa shape index (κ3) is 3.47. The predicted molar refractivity (Wildman–Crippen MR) is 86.5 cm³/mol. The Kier molecular flexibility index (Phi) is 4.29. The number of hydrogen-bond acceptors (Lipinski definition) is 5. The number of anilines is 1. The number of benzene rings is 1. The SMILES string of the molecule is CC(C)CNc1nc(-c2ccc3c(c2)OCCCO3)cs1. The second kappa shape index (κ2) is 6.35. The van der Waals surface area contributed by atoms with Crippen LogP contribution in [0.15, 0.2) is 23.6 Å². The van der Waals surface area contributed by atoms with Crippen LogP contribution in [0.1, 0.15) is 20.3 Å². The molecule has 0 aliphatic carbocycles. The summed E-state index contributed by atoms with van der Waals surface area (Å²) in [7, 11) is 0. The lowest BCUT2D eigenvalue weighted by molar-refractivity contribution is 0.297. The monoisotopic (exact) mass is 304 g/mol. The molecule has 2 aromatic rings. The van der Waals surface area contributed by atoms with Gasteiger partial charge in [0.2, 0.25) is 0 Å². The normalized spacial score (nSPS) is 14.0. The van der Waals surface area contributed by atoms with Crippen molar-refractivity contribution in [1.29, 1.82) is 0 Å². The van der Waals surface area contributed by atoms with Gasteiger partial charge in [-0.3, -0.25) is 0 Å². The van der Waals surface area contributed by atoms with E-state index in [2.05, 4.69) is 29.5 Å². The average Bonchev–Trinajstić information content (AvgIpc) is 2.82. The number of hydrogen-bond donors (Lipinski definition) is 1. The minimum absolute atomic E-state index is 0.607. The highest BCUT2D eigenvalue weighted by Gasteiger charge is 2.13. The first-order chi connectivity index (χ1) is 10.2.